The Labute approximate surface area is 190 Å². The van der Waals surface area contributed by atoms with Crippen LogP contribution in [-0.2, 0) is 9.59 Å². The molecule has 1 spiro atoms. The first kappa shape index (κ1) is 21.2. The zero-order valence-electron chi connectivity index (χ0n) is 16.1. The summed E-state index contributed by atoms with van der Waals surface area (Å²) in [5.41, 5.74) is 0.814. The lowest BCUT2D eigenvalue weighted by Crippen LogP contribution is -2.51. The van der Waals surface area contributed by atoms with Crippen molar-refractivity contribution in [2.24, 2.45) is 4.99 Å². The fraction of sp³-hybridized carbons (Fsp3) is 0.318. The minimum atomic E-state index is -0.681. The van der Waals surface area contributed by atoms with E-state index >= 15 is 0 Å². The van der Waals surface area contributed by atoms with Crippen LogP contribution in [0, 0.1) is 0 Å². The Bertz CT molecular complexity index is 1010. The second-order valence-corrected chi connectivity index (χ2v) is 8.77. The van der Waals surface area contributed by atoms with Crippen LogP contribution in [0.5, 0.6) is 0 Å². The zero-order chi connectivity index (χ0) is 21.3. The number of hydrogen-bond acceptors (Lipinski definition) is 3. The minimum Gasteiger partial charge on any atom is -0.323 e. The van der Waals surface area contributed by atoms with E-state index < -0.39 is 5.66 Å². The van der Waals surface area contributed by atoms with E-state index in [1.165, 1.54) is 0 Å². The molecular formula is C22H20Cl3N3O2. The van der Waals surface area contributed by atoms with E-state index in [-0.39, 0.29) is 23.4 Å². The molecule has 2 aromatic carbocycles. The average molecular weight is 465 g/mol. The van der Waals surface area contributed by atoms with Crippen LogP contribution in [0.2, 0.25) is 15.1 Å². The molecule has 1 fully saturated rings. The maximum absolute atomic E-state index is 13.3. The van der Waals surface area contributed by atoms with Crippen molar-refractivity contribution < 1.29 is 9.59 Å². The van der Waals surface area contributed by atoms with E-state index in [1.54, 1.807) is 47.4 Å². The molecule has 0 aromatic heterocycles. The molecule has 5 nitrogen and oxygen atoms in total. The van der Waals surface area contributed by atoms with Crippen molar-refractivity contribution in [1.29, 1.82) is 0 Å². The molecule has 0 atom stereocenters. The van der Waals surface area contributed by atoms with Crippen LogP contribution in [0.4, 0.5) is 5.69 Å². The van der Waals surface area contributed by atoms with Crippen molar-refractivity contribution in [2.45, 2.75) is 37.8 Å². The number of nitrogens with one attached hydrogen (secondary N) is 1. The van der Waals surface area contributed by atoms with Gasteiger partial charge in [-0.05, 0) is 49.9 Å². The summed E-state index contributed by atoms with van der Waals surface area (Å²) in [6, 6.07) is 12.1. The Balaban J connectivity index is 1.59. The molecule has 0 saturated heterocycles. The van der Waals surface area contributed by atoms with E-state index in [4.69, 9.17) is 39.8 Å². The second-order valence-electron chi connectivity index (χ2n) is 7.55. The first-order valence-corrected chi connectivity index (χ1v) is 10.9. The maximum atomic E-state index is 13.3. The fourth-order valence-electron chi connectivity index (χ4n) is 4.08. The van der Waals surface area contributed by atoms with Gasteiger partial charge in [-0.15, -0.1) is 0 Å². The Morgan fingerprint density at radius 1 is 1.03 bits per heavy atom. The first-order valence-electron chi connectivity index (χ1n) is 9.81. The normalized spacial score (nSPS) is 17.9. The number of amides is 2. The van der Waals surface area contributed by atoms with Gasteiger partial charge in [-0.2, -0.15) is 0 Å². The summed E-state index contributed by atoms with van der Waals surface area (Å²) in [7, 11) is 0. The third kappa shape index (κ3) is 4.07. The number of carbonyl (C=O) groups excluding carboxylic acids is 2. The predicted octanol–water partition coefficient (Wildman–Crippen LogP) is 5.58. The summed E-state index contributed by atoms with van der Waals surface area (Å²) in [5, 5.41) is 3.97. The van der Waals surface area contributed by atoms with Gasteiger partial charge in [-0.25, -0.2) is 0 Å². The second kappa shape index (κ2) is 8.58. The van der Waals surface area contributed by atoms with E-state index in [0.29, 0.717) is 27.0 Å². The molecule has 0 radical (unpaired) electrons. The zero-order valence-corrected chi connectivity index (χ0v) is 18.4. The van der Waals surface area contributed by atoms with E-state index in [0.717, 1.165) is 32.1 Å². The van der Waals surface area contributed by atoms with Crippen LogP contribution in [0.15, 0.2) is 47.5 Å². The van der Waals surface area contributed by atoms with Gasteiger partial charge in [0.15, 0.2) is 0 Å². The van der Waals surface area contributed by atoms with Crippen molar-refractivity contribution in [2.75, 3.05) is 11.9 Å². The highest BCUT2D eigenvalue weighted by Crippen LogP contribution is 2.39. The summed E-state index contributed by atoms with van der Waals surface area (Å²) in [5.74, 6) is -0.586. The third-order valence-electron chi connectivity index (χ3n) is 5.57. The van der Waals surface area contributed by atoms with Crippen LogP contribution < -0.4 is 5.32 Å². The number of aliphatic imine (C=N–C) groups is 1. The number of carbonyl (C=O) groups is 2. The van der Waals surface area contributed by atoms with Gasteiger partial charge in [0.2, 0.25) is 5.91 Å². The highest BCUT2D eigenvalue weighted by atomic mass is 35.5. The molecule has 2 aliphatic rings. The van der Waals surface area contributed by atoms with Gasteiger partial charge in [0, 0.05) is 10.6 Å². The molecule has 30 heavy (non-hydrogen) atoms. The molecule has 0 bridgehead atoms. The summed E-state index contributed by atoms with van der Waals surface area (Å²) >= 11 is 18.2. The Hall–Kier alpha value is -2.08. The number of rotatable bonds is 4. The molecule has 1 aliphatic heterocycles. The standard InChI is InChI=1S/C22H20Cl3N3O2/c23-15-9-7-14(8-10-15)20-21(30)28(22(27-20)11-2-1-3-12-22)13-18(29)26-17-6-4-5-16(24)19(17)25/h4-10H,1-3,11-13H2,(H,26,29). The molecule has 156 valence electrons. The van der Waals surface area contributed by atoms with E-state index in [1.807, 2.05) is 0 Å². The summed E-state index contributed by atoms with van der Waals surface area (Å²) < 4.78 is 0. The lowest BCUT2D eigenvalue weighted by atomic mass is 9.88. The van der Waals surface area contributed by atoms with Gasteiger partial charge < -0.3 is 10.2 Å². The molecule has 1 heterocycles. The SMILES string of the molecule is O=C(CN1C(=O)C(c2ccc(Cl)cc2)=NC12CCCCC2)Nc1cccc(Cl)c1Cl. The molecule has 1 aliphatic carbocycles. The highest BCUT2D eigenvalue weighted by Gasteiger charge is 2.48. The lowest BCUT2D eigenvalue weighted by Gasteiger charge is -2.38. The molecule has 8 heteroatoms. The lowest BCUT2D eigenvalue weighted by molar-refractivity contribution is -0.134. The van der Waals surface area contributed by atoms with Crippen LogP contribution in [0.3, 0.4) is 0 Å². The highest BCUT2D eigenvalue weighted by molar-refractivity contribution is 6.47. The van der Waals surface area contributed by atoms with Crippen molar-refractivity contribution in [1.82, 2.24) is 4.90 Å². The van der Waals surface area contributed by atoms with Gasteiger partial charge in [0.1, 0.15) is 17.9 Å². The van der Waals surface area contributed by atoms with Crippen LogP contribution in [-0.4, -0.2) is 34.6 Å². The summed E-state index contributed by atoms with van der Waals surface area (Å²) in [6.45, 7) is -0.109. The molecule has 1 saturated carbocycles. The van der Waals surface area contributed by atoms with Crippen molar-refractivity contribution in [3.8, 4) is 0 Å². The largest absolute Gasteiger partial charge is 0.323 e. The molecule has 4 rings (SSSR count). The van der Waals surface area contributed by atoms with Crippen LogP contribution in [0.25, 0.3) is 0 Å². The average Bonchev–Trinajstić information content (AvgIpc) is 2.98. The number of benzene rings is 2. The fourth-order valence-corrected chi connectivity index (χ4v) is 4.56. The van der Waals surface area contributed by atoms with Gasteiger partial charge in [-0.1, -0.05) is 59.4 Å². The van der Waals surface area contributed by atoms with Crippen LogP contribution >= 0.6 is 34.8 Å². The predicted molar refractivity (Wildman–Crippen MR) is 121 cm³/mol. The van der Waals surface area contributed by atoms with Gasteiger partial charge in [-0.3, -0.25) is 14.6 Å². The monoisotopic (exact) mass is 463 g/mol. The van der Waals surface area contributed by atoms with Crippen LogP contribution in [0.1, 0.15) is 37.7 Å². The van der Waals surface area contributed by atoms with Gasteiger partial charge in [0.05, 0.1) is 15.7 Å². The Morgan fingerprint density at radius 2 is 1.73 bits per heavy atom. The first-order chi connectivity index (χ1) is 14.4. The number of anilines is 1. The third-order valence-corrected chi connectivity index (χ3v) is 6.64. The number of hydrogen-bond donors (Lipinski definition) is 1. The number of halogens is 3. The smallest absolute Gasteiger partial charge is 0.275 e. The van der Waals surface area contributed by atoms with Gasteiger partial charge in [0.25, 0.3) is 5.91 Å². The Morgan fingerprint density at radius 3 is 2.43 bits per heavy atom. The number of nitrogens with zero attached hydrogens (tertiary/aromatic N) is 2. The topological polar surface area (TPSA) is 61.8 Å². The van der Waals surface area contributed by atoms with Crippen molar-refractivity contribution >= 4 is 58.0 Å². The van der Waals surface area contributed by atoms with E-state index in [9.17, 15) is 9.59 Å². The molecule has 0 unspecified atom stereocenters. The van der Waals surface area contributed by atoms with Crippen molar-refractivity contribution in [3.05, 3.63) is 63.1 Å². The molecule has 2 amide bonds. The minimum absolute atomic E-state index is 0.109. The molecular weight excluding hydrogens is 445 g/mol. The maximum Gasteiger partial charge on any atom is 0.275 e. The summed E-state index contributed by atoms with van der Waals surface area (Å²) in [4.78, 5) is 32.6. The summed E-state index contributed by atoms with van der Waals surface area (Å²) in [6.07, 6.45) is 4.49. The molecule has 1 N–H and O–H groups in total. The van der Waals surface area contributed by atoms with Gasteiger partial charge >= 0.3 is 0 Å². The van der Waals surface area contributed by atoms with E-state index in [2.05, 4.69) is 5.32 Å². The quantitative estimate of drug-likeness (QED) is 0.642. The molecule has 2 aromatic rings. The Kier molecular flexibility index (Phi) is 6.05. The van der Waals surface area contributed by atoms with Crippen molar-refractivity contribution in [3.63, 3.8) is 0 Å².